The summed E-state index contributed by atoms with van der Waals surface area (Å²) >= 11 is 0. The molecule has 0 saturated heterocycles. The third kappa shape index (κ3) is 3.91. The zero-order valence-electron chi connectivity index (χ0n) is 14.2. The van der Waals surface area contributed by atoms with E-state index in [2.05, 4.69) is 10.6 Å². The van der Waals surface area contributed by atoms with Gasteiger partial charge in [0.2, 0.25) is 5.91 Å². The van der Waals surface area contributed by atoms with Crippen LogP contribution in [0.25, 0.3) is 0 Å². The molecule has 1 heterocycles. The normalized spacial score (nSPS) is 13.6. The van der Waals surface area contributed by atoms with Gasteiger partial charge in [-0.2, -0.15) is 0 Å². The molecule has 0 unspecified atom stereocenters. The summed E-state index contributed by atoms with van der Waals surface area (Å²) in [6.07, 6.45) is 0.376. The first-order valence-corrected chi connectivity index (χ1v) is 8.04. The highest BCUT2D eigenvalue weighted by molar-refractivity contribution is 5.99. The molecule has 0 saturated carbocycles. The van der Waals surface area contributed by atoms with Crippen LogP contribution in [0, 0.1) is 0 Å². The van der Waals surface area contributed by atoms with E-state index in [9.17, 15) is 9.59 Å². The molecule has 6 heteroatoms. The zero-order valence-corrected chi connectivity index (χ0v) is 14.2. The fourth-order valence-corrected chi connectivity index (χ4v) is 2.77. The summed E-state index contributed by atoms with van der Waals surface area (Å²) in [5.74, 6) is 0.871. The number of nitrogens with one attached hydrogen (secondary N) is 2. The summed E-state index contributed by atoms with van der Waals surface area (Å²) in [5.41, 5.74) is 2.74. The topological polar surface area (TPSA) is 76.7 Å². The van der Waals surface area contributed by atoms with Crippen molar-refractivity contribution in [2.45, 2.75) is 19.4 Å². The van der Waals surface area contributed by atoms with E-state index in [-0.39, 0.29) is 24.5 Å². The lowest BCUT2D eigenvalue weighted by molar-refractivity contribution is -0.123. The number of hydrogen-bond acceptors (Lipinski definition) is 4. The molecule has 25 heavy (non-hydrogen) atoms. The van der Waals surface area contributed by atoms with E-state index in [1.807, 2.05) is 37.3 Å². The maximum absolute atomic E-state index is 12.1. The van der Waals surface area contributed by atoms with Gasteiger partial charge in [0.1, 0.15) is 0 Å². The molecule has 0 spiro atoms. The molecule has 0 bridgehead atoms. The van der Waals surface area contributed by atoms with Crippen LogP contribution < -0.4 is 20.1 Å². The van der Waals surface area contributed by atoms with E-state index >= 15 is 0 Å². The standard InChI is InChI=1S/C19H20N2O4/c1-12(13-7-8-15-14(9-13)10-18(22)21-15)20-19(23)11-25-17-6-4-3-5-16(17)24-2/h3-9,12H,10-11H2,1-2H3,(H,20,23)(H,21,22)/t12-/m1/s1. The minimum Gasteiger partial charge on any atom is -0.493 e. The first kappa shape index (κ1) is 16.8. The van der Waals surface area contributed by atoms with Gasteiger partial charge in [0.25, 0.3) is 5.91 Å². The van der Waals surface area contributed by atoms with Crippen LogP contribution >= 0.6 is 0 Å². The molecule has 1 aliphatic heterocycles. The van der Waals surface area contributed by atoms with Crippen molar-refractivity contribution in [2.75, 3.05) is 19.0 Å². The summed E-state index contributed by atoms with van der Waals surface area (Å²) in [6, 6.07) is 12.7. The monoisotopic (exact) mass is 340 g/mol. The van der Waals surface area contributed by atoms with Crippen molar-refractivity contribution in [3.05, 3.63) is 53.6 Å². The zero-order chi connectivity index (χ0) is 17.8. The van der Waals surface area contributed by atoms with Crippen LogP contribution in [0.4, 0.5) is 5.69 Å². The molecule has 1 atom stereocenters. The van der Waals surface area contributed by atoms with E-state index in [0.29, 0.717) is 17.9 Å². The van der Waals surface area contributed by atoms with Crippen LogP contribution in [0.3, 0.4) is 0 Å². The number of carbonyl (C=O) groups excluding carboxylic acids is 2. The maximum atomic E-state index is 12.1. The highest BCUT2D eigenvalue weighted by Crippen LogP contribution is 2.27. The molecule has 0 aliphatic carbocycles. The Morgan fingerprint density at radius 1 is 1.24 bits per heavy atom. The van der Waals surface area contributed by atoms with Crippen molar-refractivity contribution in [3.63, 3.8) is 0 Å². The lowest BCUT2D eigenvalue weighted by atomic mass is 10.0. The second-order valence-corrected chi connectivity index (χ2v) is 5.87. The Balaban J connectivity index is 1.58. The number of rotatable bonds is 6. The lowest BCUT2D eigenvalue weighted by Gasteiger charge is -2.16. The number of benzene rings is 2. The Hall–Kier alpha value is -3.02. The van der Waals surface area contributed by atoms with E-state index in [1.54, 1.807) is 19.2 Å². The molecule has 2 amide bonds. The van der Waals surface area contributed by atoms with Crippen molar-refractivity contribution in [2.24, 2.45) is 0 Å². The number of carbonyl (C=O) groups is 2. The van der Waals surface area contributed by atoms with E-state index < -0.39 is 0 Å². The summed E-state index contributed by atoms with van der Waals surface area (Å²) < 4.78 is 10.7. The first-order chi connectivity index (χ1) is 12.1. The highest BCUT2D eigenvalue weighted by atomic mass is 16.5. The smallest absolute Gasteiger partial charge is 0.258 e. The molecule has 0 aromatic heterocycles. The minimum atomic E-state index is -0.229. The van der Waals surface area contributed by atoms with Gasteiger partial charge in [0, 0.05) is 5.69 Å². The van der Waals surface area contributed by atoms with Gasteiger partial charge in [0.15, 0.2) is 18.1 Å². The number of fused-ring (bicyclic) bond motifs is 1. The number of hydrogen-bond donors (Lipinski definition) is 2. The molecule has 2 N–H and O–H groups in total. The average molecular weight is 340 g/mol. The predicted molar refractivity (Wildman–Crippen MR) is 93.8 cm³/mol. The van der Waals surface area contributed by atoms with Gasteiger partial charge >= 0.3 is 0 Å². The average Bonchev–Trinajstić information content (AvgIpc) is 2.99. The fraction of sp³-hybridized carbons (Fsp3) is 0.263. The number of ether oxygens (including phenoxy) is 2. The van der Waals surface area contributed by atoms with E-state index in [1.165, 1.54) is 0 Å². The Labute approximate surface area is 146 Å². The minimum absolute atomic E-state index is 0.00551. The van der Waals surface area contributed by atoms with Crippen LogP contribution in [-0.2, 0) is 16.0 Å². The van der Waals surface area contributed by atoms with Crippen LogP contribution in [0.1, 0.15) is 24.1 Å². The van der Waals surface area contributed by atoms with Gasteiger partial charge in [-0.3, -0.25) is 9.59 Å². The first-order valence-electron chi connectivity index (χ1n) is 8.04. The molecule has 0 radical (unpaired) electrons. The largest absolute Gasteiger partial charge is 0.493 e. The van der Waals surface area contributed by atoms with Crippen LogP contribution in [0.15, 0.2) is 42.5 Å². The highest BCUT2D eigenvalue weighted by Gasteiger charge is 2.19. The van der Waals surface area contributed by atoms with Crippen LogP contribution in [0.5, 0.6) is 11.5 Å². The quantitative estimate of drug-likeness (QED) is 0.847. The fourth-order valence-electron chi connectivity index (χ4n) is 2.77. The molecule has 0 fully saturated rings. The summed E-state index contributed by atoms with van der Waals surface area (Å²) in [5, 5.41) is 5.69. The summed E-state index contributed by atoms with van der Waals surface area (Å²) in [6.45, 7) is 1.79. The molecule has 2 aromatic rings. The van der Waals surface area contributed by atoms with Crippen molar-refractivity contribution in [1.82, 2.24) is 5.32 Å². The SMILES string of the molecule is COc1ccccc1OCC(=O)N[C@H](C)c1ccc2c(c1)CC(=O)N2. The molecule has 2 aromatic carbocycles. The van der Waals surface area contributed by atoms with Crippen molar-refractivity contribution in [3.8, 4) is 11.5 Å². The number of anilines is 1. The maximum Gasteiger partial charge on any atom is 0.258 e. The van der Waals surface area contributed by atoms with Crippen LogP contribution in [0.2, 0.25) is 0 Å². The molecule has 1 aliphatic rings. The molecule has 130 valence electrons. The van der Waals surface area contributed by atoms with Gasteiger partial charge in [-0.05, 0) is 36.2 Å². The van der Waals surface area contributed by atoms with Gasteiger partial charge in [-0.15, -0.1) is 0 Å². The third-order valence-electron chi connectivity index (χ3n) is 4.06. The predicted octanol–water partition coefficient (Wildman–Crippen LogP) is 2.45. The summed E-state index contributed by atoms with van der Waals surface area (Å²) in [7, 11) is 1.55. The van der Waals surface area contributed by atoms with Gasteiger partial charge in [-0.25, -0.2) is 0 Å². The summed E-state index contributed by atoms with van der Waals surface area (Å²) in [4.78, 5) is 23.6. The van der Waals surface area contributed by atoms with E-state index in [0.717, 1.165) is 16.8 Å². The molecule has 3 rings (SSSR count). The molecular weight excluding hydrogens is 320 g/mol. The van der Waals surface area contributed by atoms with Gasteiger partial charge in [0.05, 0.1) is 19.6 Å². The van der Waals surface area contributed by atoms with Gasteiger partial charge < -0.3 is 20.1 Å². The van der Waals surface area contributed by atoms with Crippen LogP contribution in [-0.4, -0.2) is 25.5 Å². The molecule has 6 nitrogen and oxygen atoms in total. The Morgan fingerprint density at radius 2 is 2.00 bits per heavy atom. The van der Waals surface area contributed by atoms with E-state index in [4.69, 9.17) is 9.47 Å². The lowest BCUT2D eigenvalue weighted by Crippen LogP contribution is -2.31. The number of amides is 2. The Kier molecular flexibility index (Phi) is 4.88. The van der Waals surface area contributed by atoms with Gasteiger partial charge in [-0.1, -0.05) is 24.3 Å². The second kappa shape index (κ2) is 7.25. The third-order valence-corrected chi connectivity index (χ3v) is 4.06. The number of methoxy groups -OCH3 is 1. The Bertz CT molecular complexity index is 804. The van der Waals surface area contributed by atoms with Crippen molar-refractivity contribution < 1.29 is 19.1 Å². The Morgan fingerprint density at radius 3 is 2.76 bits per heavy atom. The van der Waals surface area contributed by atoms with Crippen molar-refractivity contribution in [1.29, 1.82) is 0 Å². The molecular formula is C19H20N2O4. The number of para-hydroxylation sites is 2. The second-order valence-electron chi connectivity index (χ2n) is 5.87. The van der Waals surface area contributed by atoms with Crippen molar-refractivity contribution >= 4 is 17.5 Å².